The van der Waals surface area contributed by atoms with Gasteiger partial charge in [0, 0.05) is 19.4 Å². The van der Waals surface area contributed by atoms with Gasteiger partial charge in [0.25, 0.3) is 5.91 Å². The number of hydrogen-bond acceptors (Lipinski definition) is 4. The van der Waals surface area contributed by atoms with Gasteiger partial charge in [0.15, 0.2) is 5.82 Å². The number of carbonyl (C=O) groups excluding carboxylic acids is 1. The molecule has 0 unspecified atom stereocenters. The summed E-state index contributed by atoms with van der Waals surface area (Å²) in [5.74, 6) is -0.494. The summed E-state index contributed by atoms with van der Waals surface area (Å²) in [6, 6.07) is 6.67. The van der Waals surface area contributed by atoms with Gasteiger partial charge in [-0.1, -0.05) is 0 Å². The second kappa shape index (κ2) is 5.81. The Morgan fingerprint density at radius 2 is 2.00 bits per heavy atom. The van der Waals surface area contributed by atoms with Crippen LogP contribution in [0.1, 0.15) is 21.6 Å². The highest BCUT2D eigenvalue weighted by Gasteiger charge is 2.32. The van der Waals surface area contributed by atoms with Gasteiger partial charge in [-0.2, -0.15) is 18.4 Å². The van der Waals surface area contributed by atoms with Crippen LogP contribution in [0.15, 0.2) is 36.7 Å². The zero-order valence-electron chi connectivity index (χ0n) is 11.3. The zero-order chi connectivity index (χ0) is 16.3. The van der Waals surface area contributed by atoms with E-state index in [4.69, 9.17) is 5.26 Å². The van der Waals surface area contributed by atoms with Gasteiger partial charge in [0.05, 0.1) is 11.1 Å². The van der Waals surface area contributed by atoms with Crippen molar-refractivity contribution in [2.24, 2.45) is 0 Å². The first kappa shape index (κ1) is 15.4. The van der Waals surface area contributed by atoms with Crippen LogP contribution in [-0.4, -0.2) is 22.9 Å². The average molecular weight is 306 g/mol. The molecule has 0 saturated carbocycles. The van der Waals surface area contributed by atoms with Crippen molar-refractivity contribution in [2.75, 3.05) is 11.9 Å². The Bertz CT molecular complexity index is 735. The molecule has 1 amide bonds. The SMILES string of the molecule is CN(C(=O)c1ccc(C(F)(F)F)nc1)c1ncccc1C#N. The van der Waals surface area contributed by atoms with Crippen LogP contribution in [0.25, 0.3) is 0 Å². The van der Waals surface area contributed by atoms with Crippen LogP contribution >= 0.6 is 0 Å². The molecule has 0 bridgehead atoms. The van der Waals surface area contributed by atoms with Crippen LogP contribution < -0.4 is 4.90 Å². The van der Waals surface area contributed by atoms with Crippen LogP contribution in [0, 0.1) is 11.3 Å². The van der Waals surface area contributed by atoms with Gasteiger partial charge in [0.2, 0.25) is 0 Å². The molecule has 0 aliphatic rings. The smallest absolute Gasteiger partial charge is 0.295 e. The molecule has 22 heavy (non-hydrogen) atoms. The number of alkyl halides is 3. The largest absolute Gasteiger partial charge is 0.433 e. The van der Waals surface area contributed by atoms with E-state index in [1.54, 1.807) is 6.07 Å². The third-order valence-electron chi connectivity index (χ3n) is 2.83. The second-order valence-corrected chi connectivity index (χ2v) is 4.28. The molecule has 2 aromatic heterocycles. The van der Waals surface area contributed by atoms with Gasteiger partial charge < -0.3 is 0 Å². The Hall–Kier alpha value is -2.95. The molecule has 0 fully saturated rings. The van der Waals surface area contributed by atoms with Gasteiger partial charge in [-0.15, -0.1) is 0 Å². The highest BCUT2D eigenvalue weighted by molar-refractivity contribution is 6.05. The van der Waals surface area contributed by atoms with Crippen LogP contribution in [0.2, 0.25) is 0 Å². The van der Waals surface area contributed by atoms with Crippen molar-refractivity contribution < 1.29 is 18.0 Å². The van der Waals surface area contributed by atoms with Gasteiger partial charge >= 0.3 is 6.18 Å². The van der Waals surface area contributed by atoms with Gasteiger partial charge in [0.1, 0.15) is 11.8 Å². The Kier molecular flexibility index (Phi) is 4.08. The second-order valence-electron chi connectivity index (χ2n) is 4.28. The van der Waals surface area contributed by atoms with Crippen molar-refractivity contribution in [3.8, 4) is 6.07 Å². The Balaban J connectivity index is 2.30. The number of anilines is 1. The predicted molar refractivity (Wildman–Crippen MR) is 70.9 cm³/mol. The van der Waals surface area contributed by atoms with Crippen molar-refractivity contribution in [3.63, 3.8) is 0 Å². The molecule has 0 radical (unpaired) electrons. The van der Waals surface area contributed by atoms with Gasteiger partial charge in [-0.3, -0.25) is 14.7 Å². The van der Waals surface area contributed by atoms with Crippen molar-refractivity contribution in [1.29, 1.82) is 5.26 Å². The van der Waals surface area contributed by atoms with E-state index in [1.165, 1.54) is 19.3 Å². The Labute approximate surface area is 123 Å². The quantitative estimate of drug-likeness (QED) is 0.855. The van der Waals surface area contributed by atoms with Crippen LogP contribution in [0.4, 0.5) is 19.0 Å². The molecule has 0 saturated heterocycles. The van der Waals surface area contributed by atoms with Crippen LogP contribution in [0.5, 0.6) is 0 Å². The fraction of sp³-hybridized carbons (Fsp3) is 0.143. The first-order valence-corrected chi connectivity index (χ1v) is 6.01. The summed E-state index contributed by atoms with van der Waals surface area (Å²) < 4.78 is 37.3. The topological polar surface area (TPSA) is 69.9 Å². The number of nitriles is 1. The fourth-order valence-corrected chi connectivity index (χ4v) is 1.73. The minimum absolute atomic E-state index is 0.0370. The summed E-state index contributed by atoms with van der Waals surface area (Å²) in [4.78, 5) is 20.5. The lowest BCUT2D eigenvalue weighted by Gasteiger charge is -2.17. The summed E-state index contributed by atoms with van der Waals surface area (Å²) in [5, 5.41) is 8.98. The minimum atomic E-state index is -4.57. The fourth-order valence-electron chi connectivity index (χ4n) is 1.73. The molecule has 0 N–H and O–H groups in total. The lowest BCUT2D eigenvalue weighted by Crippen LogP contribution is -2.28. The number of carbonyl (C=O) groups is 1. The van der Waals surface area contributed by atoms with E-state index in [2.05, 4.69) is 9.97 Å². The number of pyridine rings is 2. The molecule has 5 nitrogen and oxygen atoms in total. The summed E-state index contributed by atoms with van der Waals surface area (Å²) >= 11 is 0. The van der Waals surface area contributed by atoms with Crippen molar-refractivity contribution in [2.45, 2.75) is 6.18 Å². The van der Waals surface area contributed by atoms with E-state index in [-0.39, 0.29) is 16.9 Å². The molecule has 0 spiro atoms. The summed E-state index contributed by atoms with van der Waals surface area (Å²) in [6.07, 6.45) is -2.32. The molecule has 8 heteroatoms. The van der Waals surface area contributed by atoms with Gasteiger partial charge in [-0.05, 0) is 24.3 Å². The first-order valence-electron chi connectivity index (χ1n) is 6.01. The van der Waals surface area contributed by atoms with Crippen LogP contribution in [0.3, 0.4) is 0 Å². The van der Waals surface area contributed by atoms with Crippen molar-refractivity contribution in [3.05, 3.63) is 53.5 Å². The average Bonchev–Trinajstić information content (AvgIpc) is 2.52. The molecule has 2 heterocycles. The summed E-state index contributed by atoms with van der Waals surface area (Å²) in [7, 11) is 1.38. The Morgan fingerprint density at radius 1 is 1.27 bits per heavy atom. The summed E-state index contributed by atoms with van der Waals surface area (Å²) in [5.41, 5.74) is -0.939. The Morgan fingerprint density at radius 3 is 2.55 bits per heavy atom. The monoisotopic (exact) mass is 306 g/mol. The molecular weight excluding hydrogens is 297 g/mol. The number of hydrogen-bond donors (Lipinski definition) is 0. The van der Waals surface area contributed by atoms with E-state index >= 15 is 0 Å². The third kappa shape index (κ3) is 3.03. The van der Waals surface area contributed by atoms with Crippen molar-refractivity contribution >= 4 is 11.7 Å². The molecule has 2 aromatic rings. The highest BCUT2D eigenvalue weighted by Crippen LogP contribution is 2.27. The maximum atomic E-state index is 12.4. The zero-order valence-corrected chi connectivity index (χ0v) is 11.3. The van der Waals surface area contributed by atoms with E-state index < -0.39 is 17.8 Å². The standard InChI is InChI=1S/C14H9F3N4O/c1-21(12-9(7-18)3-2-6-19-12)13(22)10-4-5-11(20-8-10)14(15,16)17/h2-6,8H,1H3. The molecule has 2 rings (SSSR count). The highest BCUT2D eigenvalue weighted by atomic mass is 19.4. The maximum Gasteiger partial charge on any atom is 0.433 e. The number of rotatable bonds is 2. The van der Waals surface area contributed by atoms with E-state index in [0.717, 1.165) is 23.2 Å². The number of nitrogens with zero attached hydrogens (tertiary/aromatic N) is 4. The normalized spacial score (nSPS) is 10.9. The minimum Gasteiger partial charge on any atom is -0.295 e. The molecule has 0 atom stereocenters. The van der Waals surface area contributed by atoms with Gasteiger partial charge in [-0.25, -0.2) is 4.98 Å². The molecule has 0 aromatic carbocycles. The summed E-state index contributed by atoms with van der Waals surface area (Å²) in [6.45, 7) is 0. The number of aromatic nitrogens is 2. The molecule has 112 valence electrons. The van der Waals surface area contributed by atoms with E-state index in [0.29, 0.717) is 0 Å². The molecule has 0 aliphatic heterocycles. The number of halogens is 3. The first-order chi connectivity index (χ1) is 10.3. The van der Waals surface area contributed by atoms with E-state index in [1.807, 2.05) is 6.07 Å². The van der Waals surface area contributed by atoms with E-state index in [9.17, 15) is 18.0 Å². The molecule has 0 aliphatic carbocycles. The van der Waals surface area contributed by atoms with Crippen molar-refractivity contribution in [1.82, 2.24) is 9.97 Å². The number of amides is 1. The lowest BCUT2D eigenvalue weighted by molar-refractivity contribution is -0.141. The lowest BCUT2D eigenvalue weighted by atomic mass is 10.2. The predicted octanol–water partition coefficient (Wildman–Crippen LogP) is 2.64. The van der Waals surface area contributed by atoms with Crippen LogP contribution in [-0.2, 0) is 6.18 Å². The third-order valence-corrected chi connectivity index (χ3v) is 2.83. The maximum absolute atomic E-state index is 12.4. The molecular formula is C14H9F3N4O.